The molecule has 80 valence electrons. The second-order valence-electron chi connectivity index (χ2n) is 3.65. The number of hydrogen-bond acceptors (Lipinski definition) is 2. The molecule has 0 aliphatic heterocycles. The molecule has 0 fully saturated rings. The average Bonchev–Trinajstić information content (AvgIpc) is 2.16. The van der Waals surface area contributed by atoms with E-state index in [1.165, 1.54) is 30.9 Å². The van der Waals surface area contributed by atoms with Crippen molar-refractivity contribution >= 4 is 11.8 Å². The van der Waals surface area contributed by atoms with Crippen LogP contribution in [-0.2, 0) is 0 Å². The highest BCUT2D eigenvalue weighted by Gasteiger charge is 2.05. The van der Waals surface area contributed by atoms with Crippen molar-refractivity contribution in [3.63, 3.8) is 0 Å². The van der Waals surface area contributed by atoms with Gasteiger partial charge < -0.3 is 5.32 Å². The quantitative estimate of drug-likeness (QED) is 0.650. The fourth-order valence-corrected chi connectivity index (χ4v) is 2.01. The van der Waals surface area contributed by atoms with Crippen LogP contribution >= 0.6 is 11.8 Å². The molecule has 0 aliphatic rings. The predicted octanol–water partition coefficient (Wildman–Crippen LogP) is 3.15. The van der Waals surface area contributed by atoms with Crippen LogP contribution in [0.25, 0.3) is 0 Å². The molecule has 0 saturated carbocycles. The number of nitrogens with one attached hydrogen (secondary N) is 1. The topological polar surface area (TPSA) is 12.0 Å². The molecule has 0 spiro atoms. The van der Waals surface area contributed by atoms with Crippen molar-refractivity contribution in [2.24, 2.45) is 5.92 Å². The Morgan fingerprint density at radius 2 is 1.77 bits per heavy atom. The van der Waals surface area contributed by atoms with Gasteiger partial charge in [-0.3, -0.25) is 0 Å². The summed E-state index contributed by atoms with van der Waals surface area (Å²) in [5.74, 6) is 3.35. The first-order valence-electron chi connectivity index (χ1n) is 5.55. The second kappa shape index (κ2) is 8.89. The van der Waals surface area contributed by atoms with Gasteiger partial charge in [0.2, 0.25) is 0 Å². The van der Waals surface area contributed by atoms with E-state index in [1.54, 1.807) is 0 Å². The highest BCUT2D eigenvalue weighted by atomic mass is 32.2. The molecule has 0 heterocycles. The molecule has 0 aromatic carbocycles. The molecule has 1 N–H and O–H groups in total. The molecule has 0 aromatic rings. The molecule has 0 radical (unpaired) electrons. The van der Waals surface area contributed by atoms with E-state index >= 15 is 0 Å². The number of hydrogen-bond donors (Lipinski definition) is 1. The van der Waals surface area contributed by atoms with E-state index in [0.29, 0.717) is 6.04 Å². The standard InChI is InChI=1S/C11H25NS/c1-5-11(6-2)8-12-10(4)9-13-7-3/h10-12H,5-9H2,1-4H3. The Kier molecular flexibility index (Phi) is 9.10. The normalized spacial score (nSPS) is 13.6. The summed E-state index contributed by atoms with van der Waals surface area (Å²) in [7, 11) is 0. The Hall–Kier alpha value is 0.310. The van der Waals surface area contributed by atoms with Gasteiger partial charge in [-0.1, -0.05) is 33.6 Å². The van der Waals surface area contributed by atoms with Gasteiger partial charge in [0.05, 0.1) is 0 Å². The van der Waals surface area contributed by atoms with Gasteiger partial charge >= 0.3 is 0 Å². The predicted molar refractivity (Wildman–Crippen MR) is 64.5 cm³/mol. The van der Waals surface area contributed by atoms with E-state index in [4.69, 9.17) is 0 Å². The maximum Gasteiger partial charge on any atom is 0.0130 e. The molecule has 0 saturated heterocycles. The molecule has 1 atom stereocenters. The van der Waals surface area contributed by atoms with Gasteiger partial charge in [-0.25, -0.2) is 0 Å². The summed E-state index contributed by atoms with van der Waals surface area (Å²) in [5, 5.41) is 3.60. The minimum Gasteiger partial charge on any atom is -0.313 e. The number of thioether (sulfide) groups is 1. The van der Waals surface area contributed by atoms with E-state index in [9.17, 15) is 0 Å². The van der Waals surface area contributed by atoms with E-state index in [1.807, 2.05) is 11.8 Å². The summed E-state index contributed by atoms with van der Waals surface area (Å²) >= 11 is 2.02. The SMILES string of the molecule is CCSCC(C)NCC(CC)CC. The largest absolute Gasteiger partial charge is 0.313 e. The summed E-state index contributed by atoms with van der Waals surface area (Å²) in [6.45, 7) is 10.3. The van der Waals surface area contributed by atoms with Crippen molar-refractivity contribution in [3.05, 3.63) is 0 Å². The van der Waals surface area contributed by atoms with Gasteiger partial charge in [-0.2, -0.15) is 11.8 Å². The third-order valence-electron chi connectivity index (χ3n) is 2.48. The van der Waals surface area contributed by atoms with Crippen LogP contribution in [0.2, 0.25) is 0 Å². The molecule has 0 rings (SSSR count). The molecule has 1 nitrogen and oxygen atoms in total. The zero-order valence-electron chi connectivity index (χ0n) is 9.60. The first kappa shape index (κ1) is 13.3. The Bertz CT molecular complexity index is 102. The molecular formula is C11H25NS. The van der Waals surface area contributed by atoms with Crippen LogP contribution in [0.3, 0.4) is 0 Å². The lowest BCUT2D eigenvalue weighted by Crippen LogP contribution is -2.32. The minimum absolute atomic E-state index is 0.672. The lowest BCUT2D eigenvalue weighted by atomic mass is 10.0. The van der Waals surface area contributed by atoms with E-state index < -0.39 is 0 Å². The molecule has 0 aromatic heterocycles. The van der Waals surface area contributed by atoms with Gasteiger partial charge in [-0.15, -0.1) is 0 Å². The van der Waals surface area contributed by atoms with Crippen molar-refractivity contribution in [2.75, 3.05) is 18.1 Å². The highest BCUT2D eigenvalue weighted by molar-refractivity contribution is 7.99. The highest BCUT2D eigenvalue weighted by Crippen LogP contribution is 2.07. The van der Waals surface area contributed by atoms with Crippen LogP contribution in [0, 0.1) is 5.92 Å². The molecule has 0 amide bonds. The van der Waals surface area contributed by atoms with Crippen LogP contribution < -0.4 is 5.32 Å². The van der Waals surface area contributed by atoms with E-state index in [-0.39, 0.29) is 0 Å². The smallest absolute Gasteiger partial charge is 0.0130 e. The fraction of sp³-hybridized carbons (Fsp3) is 1.00. The van der Waals surface area contributed by atoms with Crippen LogP contribution in [0.1, 0.15) is 40.5 Å². The lowest BCUT2D eigenvalue weighted by Gasteiger charge is -2.17. The van der Waals surface area contributed by atoms with Gasteiger partial charge in [0.15, 0.2) is 0 Å². The van der Waals surface area contributed by atoms with Gasteiger partial charge in [0, 0.05) is 11.8 Å². The van der Waals surface area contributed by atoms with Crippen molar-refractivity contribution in [1.29, 1.82) is 0 Å². The van der Waals surface area contributed by atoms with Crippen molar-refractivity contribution in [2.45, 2.75) is 46.6 Å². The second-order valence-corrected chi connectivity index (χ2v) is 4.97. The molecule has 13 heavy (non-hydrogen) atoms. The maximum absolute atomic E-state index is 3.60. The van der Waals surface area contributed by atoms with E-state index in [0.717, 1.165) is 5.92 Å². The summed E-state index contributed by atoms with van der Waals surface area (Å²) in [5.41, 5.74) is 0. The van der Waals surface area contributed by atoms with Crippen LogP contribution in [0.15, 0.2) is 0 Å². The molecule has 0 bridgehead atoms. The fourth-order valence-electron chi connectivity index (χ4n) is 1.30. The minimum atomic E-state index is 0.672. The van der Waals surface area contributed by atoms with Gasteiger partial charge in [0.25, 0.3) is 0 Å². The molecule has 1 unspecified atom stereocenters. The Morgan fingerprint density at radius 3 is 2.23 bits per heavy atom. The average molecular weight is 203 g/mol. The summed E-state index contributed by atoms with van der Waals surface area (Å²) in [4.78, 5) is 0. The Balaban J connectivity index is 3.38. The third-order valence-corrected chi connectivity index (χ3v) is 3.63. The van der Waals surface area contributed by atoms with E-state index in [2.05, 4.69) is 33.0 Å². The van der Waals surface area contributed by atoms with Crippen molar-refractivity contribution < 1.29 is 0 Å². The maximum atomic E-state index is 3.60. The van der Waals surface area contributed by atoms with Crippen molar-refractivity contribution in [3.8, 4) is 0 Å². The summed E-state index contributed by atoms with van der Waals surface area (Å²) in [6.07, 6.45) is 2.61. The van der Waals surface area contributed by atoms with Crippen LogP contribution in [0.5, 0.6) is 0 Å². The Morgan fingerprint density at radius 1 is 1.15 bits per heavy atom. The Labute approximate surface area is 88.1 Å². The third kappa shape index (κ3) is 7.39. The first-order chi connectivity index (χ1) is 6.24. The monoisotopic (exact) mass is 203 g/mol. The number of rotatable bonds is 8. The molecule has 0 aliphatic carbocycles. The first-order valence-corrected chi connectivity index (χ1v) is 6.71. The molecular weight excluding hydrogens is 178 g/mol. The zero-order chi connectivity index (χ0) is 10.1. The zero-order valence-corrected chi connectivity index (χ0v) is 10.4. The summed E-state index contributed by atoms with van der Waals surface area (Å²) in [6, 6.07) is 0.672. The van der Waals surface area contributed by atoms with Crippen LogP contribution in [0.4, 0.5) is 0 Å². The molecule has 2 heteroatoms. The lowest BCUT2D eigenvalue weighted by molar-refractivity contribution is 0.429. The van der Waals surface area contributed by atoms with Gasteiger partial charge in [0.1, 0.15) is 0 Å². The van der Waals surface area contributed by atoms with Crippen LogP contribution in [-0.4, -0.2) is 24.1 Å². The van der Waals surface area contributed by atoms with Gasteiger partial charge in [-0.05, 0) is 25.1 Å². The summed E-state index contributed by atoms with van der Waals surface area (Å²) < 4.78 is 0. The van der Waals surface area contributed by atoms with Crippen molar-refractivity contribution in [1.82, 2.24) is 5.32 Å².